The molecule has 0 radical (unpaired) electrons. The molecule has 1 aliphatic rings. The average Bonchev–Trinajstić information content (AvgIpc) is 3.54. The van der Waals surface area contributed by atoms with Crippen molar-refractivity contribution in [2.24, 2.45) is 5.41 Å². The van der Waals surface area contributed by atoms with Gasteiger partial charge in [0, 0.05) is 24.2 Å². The van der Waals surface area contributed by atoms with E-state index < -0.39 is 5.41 Å². The van der Waals surface area contributed by atoms with Crippen LogP contribution in [-0.2, 0) is 16.1 Å². The molecule has 0 atom stereocenters. The topological polar surface area (TPSA) is 62.3 Å². The lowest BCUT2D eigenvalue weighted by molar-refractivity contribution is -0.144. The number of aromatic nitrogens is 1. The van der Waals surface area contributed by atoms with E-state index in [-0.39, 0.29) is 17.9 Å². The van der Waals surface area contributed by atoms with E-state index in [0.29, 0.717) is 25.1 Å². The Morgan fingerprint density at radius 3 is 2.45 bits per heavy atom. The molecule has 29 heavy (non-hydrogen) atoms. The van der Waals surface area contributed by atoms with Crippen LogP contribution in [0.25, 0.3) is 10.9 Å². The van der Waals surface area contributed by atoms with E-state index >= 15 is 0 Å². The molecular formula is C24H25N3O2. The highest BCUT2D eigenvalue weighted by molar-refractivity contribution is 6.14. The number of hydrogen-bond acceptors (Lipinski definition) is 3. The minimum absolute atomic E-state index is 0.00667. The van der Waals surface area contributed by atoms with Gasteiger partial charge in [0.1, 0.15) is 5.41 Å². The number of amides is 2. The zero-order chi connectivity index (χ0) is 20.4. The molecule has 0 spiro atoms. The molecule has 2 aromatic carbocycles. The quantitative estimate of drug-likeness (QED) is 0.638. The second-order valence-electron chi connectivity index (χ2n) is 7.93. The second-order valence-corrected chi connectivity index (χ2v) is 7.93. The molecule has 1 heterocycles. The van der Waals surface area contributed by atoms with E-state index in [9.17, 15) is 9.59 Å². The van der Waals surface area contributed by atoms with Gasteiger partial charge >= 0.3 is 0 Å². The summed E-state index contributed by atoms with van der Waals surface area (Å²) in [5, 5.41) is 3.93. The lowest BCUT2D eigenvalue weighted by Crippen LogP contribution is -2.45. The van der Waals surface area contributed by atoms with E-state index in [1.54, 1.807) is 6.20 Å². The number of rotatable bonds is 6. The molecule has 1 N–H and O–H groups in total. The number of para-hydroxylation sites is 1. The average molecular weight is 387 g/mol. The second kappa shape index (κ2) is 7.66. The zero-order valence-corrected chi connectivity index (χ0v) is 16.8. The molecule has 3 aromatic rings. The van der Waals surface area contributed by atoms with Crippen LogP contribution in [0.1, 0.15) is 32.3 Å². The molecular weight excluding hydrogens is 362 g/mol. The molecule has 1 fully saturated rings. The molecule has 1 aromatic heterocycles. The van der Waals surface area contributed by atoms with Crippen LogP contribution in [0, 0.1) is 5.41 Å². The molecule has 2 amide bonds. The first-order chi connectivity index (χ1) is 14.0. The third-order valence-electron chi connectivity index (χ3n) is 5.55. The van der Waals surface area contributed by atoms with Gasteiger partial charge in [-0.05, 0) is 44.4 Å². The maximum atomic E-state index is 13.4. The molecule has 148 valence electrons. The van der Waals surface area contributed by atoms with Crippen molar-refractivity contribution < 1.29 is 9.59 Å². The number of hydrogen-bond donors (Lipinski definition) is 1. The number of fused-ring (bicyclic) bond motifs is 1. The van der Waals surface area contributed by atoms with Crippen molar-refractivity contribution in [3.8, 4) is 0 Å². The zero-order valence-electron chi connectivity index (χ0n) is 16.8. The number of nitrogens with one attached hydrogen (secondary N) is 1. The van der Waals surface area contributed by atoms with Crippen LogP contribution in [0.15, 0.2) is 66.9 Å². The number of nitrogens with zero attached hydrogens (tertiary/aromatic N) is 2. The van der Waals surface area contributed by atoms with E-state index in [2.05, 4.69) is 10.3 Å². The Bertz CT molecular complexity index is 1040. The lowest BCUT2D eigenvalue weighted by atomic mass is 10.0. The summed E-state index contributed by atoms with van der Waals surface area (Å²) in [4.78, 5) is 32.8. The van der Waals surface area contributed by atoms with E-state index in [1.807, 2.05) is 79.4 Å². The normalized spacial score (nSPS) is 14.6. The Hall–Kier alpha value is -3.21. The summed E-state index contributed by atoms with van der Waals surface area (Å²) < 4.78 is 0. The minimum Gasteiger partial charge on any atom is -0.335 e. The highest BCUT2D eigenvalue weighted by Gasteiger charge is 2.58. The molecule has 0 aliphatic heterocycles. The van der Waals surface area contributed by atoms with Crippen molar-refractivity contribution in [3.05, 3.63) is 72.4 Å². The maximum Gasteiger partial charge on any atom is 0.240 e. The van der Waals surface area contributed by atoms with Gasteiger partial charge < -0.3 is 10.2 Å². The number of pyridine rings is 1. The van der Waals surface area contributed by atoms with Crippen LogP contribution in [0.5, 0.6) is 0 Å². The number of benzene rings is 2. The Morgan fingerprint density at radius 1 is 1.03 bits per heavy atom. The Balaban J connectivity index is 1.56. The highest BCUT2D eigenvalue weighted by atomic mass is 16.2. The molecule has 0 saturated heterocycles. The smallest absolute Gasteiger partial charge is 0.240 e. The van der Waals surface area contributed by atoms with Crippen LogP contribution < -0.4 is 5.32 Å². The van der Waals surface area contributed by atoms with Gasteiger partial charge in [-0.2, -0.15) is 0 Å². The first kappa shape index (κ1) is 19.1. The van der Waals surface area contributed by atoms with Gasteiger partial charge in [0.15, 0.2) is 0 Å². The summed E-state index contributed by atoms with van der Waals surface area (Å²) in [5.74, 6) is -0.332. The van der Waals surface area contributed by atoms with Crippen LogP contribution in [0.4, 0.5) is 5.69 Å². The van der Waals surface area contributed by atoms with Crippen molar-refractivity contribution >= 4 is 28.4 Å². The van der Waals surface area contributed by atoms with E-state index in [4.69, 9.17) is 0 Å². The minimum atomic E-state index is -0.976. The van der Waals surface area contributed by atoms with Gasteiger partial charge in [0.25, 0.3) is 0 Å². The third-order valence-corrected chi connectivity index (χ3v) is 5.55. The fourth-order valence-electron chi connectivity index (χ4n) is 3.65. The van der Waals surface area contributed by atoms with E-state index in [1.165, 1.54) is 0 Å². The third kappa shape index (κ3) is 3.73. The van der Waals surface area contributed by atoms with Crippen LogP contribution in [0.3, 0.4) is 0 Å². The van der Waals surface area contributed by atoms with Crippen LogP contribution >= 0.6 is 0 Å². The summed E-state index contributed by atoms with van der Waals surface area (Å²) >= 11 is 0. The van der Waals surface area contributed by atoms with E-state index in [0.717, 1.165) is 16.5 Å². The van der Waals surface area contributed by atoms with Crippen LogP contribution in [-0.4, -0.2) is 27.7 Å². The summed E-state index contributed by atoms with van der Waals surface area (Å²) in [6.45, 7) is 4.48. The fraction of sp³-hybridized carbons (Fsp3) is 0.292. The number of carbonyl (C=O) groups is 2. The van der Waals surface area contributed by atoms with Gasteiger partial charge in [-0.25, -0.2) is 0 Å². The Labute approximate surface area is 170 Å². The molecule has 0 unspecified atom stereocenters. The fourth-order valence-corrected chi connectivity index (χ4v) is 3.65. The standard InChI is InChI=1S/C24H25N3O2/c1-17(2)27(16-18-8-4-3-5-9-18)23(29)24(13-14-24)22(28)26-20-12-6-10-19-11-7-15-25-21(19)20/h3-12,15,17H,13-14,16H2,1-2H3,(H,26,28). The van der Waals surface area contributed by atoms with Gasteiger partial charge in [-0.1, -0.05) is 48.5 Å². The van der Waals surface area contributed by atoms with Crippen molar-refractivity contribution in [2.45, 2.75) is 39.3 Å². The molecule has 0 bridgehead atoms. The van der Waals surface area contributed by atoms with Gasteiger partial charge in [-0.15, -0.1) is 0 Å². The highest BCUT2D eigenvalue weighted by Crippen LogP contribution is 2.49. The SMILES string of the molecule is CC(C)N(Cc1ccccc1)C(=O)C1(C(=O)Nc2cccc3cccnc23)CC1. The largest absolute Gasteiger partial charge is 0.335 e. The van der Waals surface area contributed by atoms with Crippen molar-refractivity contribution in [3.63, 3.8) is 0 Å². The first-order valence-corrected chi connectivity index (χ1v) is 10.0. The van der Waals surface area contributed by atoms with Gasteiger partial charge in [0.05, 0.1) is 11.2 Å². The van der Waals surface area contributed by atoms with Crippen LogP contribution in [0.2, 0.25) is 0 Å². The van der Waals surface area contributed by atoms with Gasteiger partial charge in [0.2, 0.25) is 11.8 Å². The Kier molecular flexibility index (Phi) is 5.05. The first-order valence-electron chi connectivity index (χ1n) is 10.0. The summed E-state index contributed by atoms with van der Waals surface area (Å²) in [5.41, 5.74) is 1.46. The molecule has 1 aliphatic carbocycles. The molecule has 4 rings (SSSR count). The predicted octanol–water partition coefficient (Wildman–Crippen LogP) is 4.39. The number of carbonyl (C=O) groups excluding carboxylic acids is 2. The number of anilines is 1. The molecule has 5 nitrogen and oxygen atoms in total. The molecule has 1 saturated carbocycles. The van der Waals surface area contributed by atoms with Crippen molar-refractivity contribution in [1.29, 1.82) is 0 Å². The van der Waals surface area contributed by atoms with Crippen molar-refractivity contribution in [2.75, 3.05) is 5.32 Å². The Morgan fingerprint density at radius 2 is 1.76 bits per heavy atom. The molecule has 5 heteroatoms. The summed E-state index contributed by atoms with van der Waals surface area (Å²) in [6, 6.07) is 19.4. The monoisotopic (exact) mass is 387 g/mol. The van der Waals surface area contributed by atoms with Gasteiger partial charge in [-0.3, -0.25) is 14.6 Å². The predicted molar refractivity (Wildman–Crippen MR) is 114 cm³/mol. The van der Waals surface area contributed by atoms with Crippen molar-refractivity contribution in [1.82, 2.24) is 9.88 Å². The summed E-state index contributed by atoms with van der Waals surface area (Å²) in [6.07, 6.45) is 2.86. The summed E-state index contributed by atoms with van der Waals surface area (Å²) in [7, 11) is 0. The lowest BCUT2D eigenvalue weighted by Gasteiger charge is -2.30. The maximum absolute atomic E-state index is 13.4.